The lowest BCUT2D eigenvalue weighted by atomic mass is 9.92. The molecule has 1 fully saturated rings. The highest BCUT2D eigenvalue weighted by atomic mass is 16.5. The fourth-order valence-corrected chi connectivity index (χ4v) is 3.13. The maximum atomic E-state index is 12.3. The number of nitrogens with zero attached hydrogens (tertiary/aromatic N) is 1. The fourth-order valence-electron chi connectivity index (χ4n) is 3.13. The molecule has 0 aromatic heterocycles. The van der Waals surface area contributed by atoms with Crippen molar-refractivity contribution in [3.63, 3.8) is 0 Å². The van der Waals surface area contributed by atoms with Crippen molar-refractivity contribution >= 4 is 11.6 Å². The number of ether oxygens (including phenoxy) is 4. The number of β-lactam (4-membered cyclic amide) rings is 1. The molecular weight excluding hydrogens is 338 g/mol. The summed E-state index contributed by atoms with van der Waals surface area (Å²) in [7, 11) is 6.07. The van der Waals surface area contributed by atoms with Crippen molar-refractivity contribution in [2.75, 3.05) is 33.3 Å². The standard InChI is InChI=1S/C19H21NO6/c1-23-15-6-5-11(7-14(15)21)13-10-18(22)20(13)12-8-16(24-2)19(26-4)17(9-12)25-3/h5-9,13,21H,10H2,1-4H3/t13-/m0/s1. The summed E-state index contributed by atoms with van der Waals surface area (Å²) in [5.74, 6) is 1.80. The third kappa shape index (κ3) is 2.85. The zero-order chi connectivity index (χ0) is 18.8. The highest BCUT2D eigenvalue weighted by molar-refractivity contribution is 6.01. The number of aromatic hydroxyl groups is 1. The van der Waals surface area contributed by atoms with E-state index < -0.39 is 0 Å². The summed E-state index contributed by atoms with van der Waals surface area (Å²) in [5.41, 5.74) is 1.45. The number of carbonyl (C=O) groups is 1. The lowest BCUT2D eigenvalue weighted by Crippen LogP contribution is -2.46. The number of anilines is 1. The van der Waals surface area contributed by atoms with E-state index in [9.17, 15) is 9.90 Å². The predicted octanol–water partition coefficient (Wildman–Crippen LogP) is 2.90. The van der Waals surface area contributed by atoms with Crippen molar-refractivity contribution < 1.29 is 28.8 Å². The summed E-state index contributed by atoms with van der Waals surface area (Å²) in [4.78, 5) is 13.9. The number of phenolic OH excluding ortho intramolecular Hbond substituents is 1. The lowest BCUT2D eigenvalue weighted by Gasteiger charge is -2.41. The summed E-state index contributed by atoms with van der Waals surface area (Å²) < 4.78 is 21.1. The maximum absolute atomic E-state index is 12.3. The summed E-state index contributed by atoms with van der Waals surface area (Å²) in [6, 6.07) is 8.40. The molecule has 1 amide bonds. The van der Waals surface area contributed by atoms with Gasteiger partial charge in [0.1, 0.15) is 0 Å². The van der Waals surface area contributed by atoms with Crippen molar-refractivity contribution in [2.24, 2.45) is 0 Å². The van der Waals surface area contributed by atoms with Gasteiger partial charge < -0.3 is 29.0 Å². The largest absolute Gasteiger partial charge is 0.504 e. The monoisotopic (exact) mass is 359 g/mol. The van der Waals surface area contributed by atoms with Gasteiger partial charge in [0.15, 0.2) is 23.0 Å². The van der Waals surface area contributed by atoms with Crippen LogP contribution in [0.3, 0.4) is 0 Å². The highest BCUT2D eigenvalue weighted by Gasteiger charge is 2.39. The zero-order valence-corrected chi connectivity index (χ0v) is 15.1. The van der Waals surface area contributed by atoms with Crippen LogP contribution in [0.2, 0.25) is 0 Å². The normalized spacial score (nSPS) is 16.1. The molecule has 7 nitrogen and oxygen atoms in total. The second-order valence-electron chi connectivity index (χ2n) is 5.80. The minimum atomic E-state index is -0.192. The van der Waals surface area contributed by atoms with Gasteiger partial charge >= 0.3 is 0 Å². The van der Waals surface area contributed by atoms with Crippen molar-refractivity contribution in [3.8, 4) is 28.7 Å². The maximum Gasteiger partial charge on any atom is 0.230 e. The second kappa shape index (κ2) is 7.03. The van der Waals surface area contributed by atoms with Crippen LogP contribution in [0, 0.1) is 0 Å². The average molecular weight is 359 g/mol. The smallest absolute Gasteiger partial charge is 0.230 e. The lowest BCUT2D eigenvalue weighted by molar-refractivity contribution is -0.124. The number of hydrogen-bond acceptors (Lipinski definition) is 6. The predicted molar refractivity (Wildman–Crippen MR) is 95.6 cm³/mol. The number of benzene rings is 2. The van der Waals surface area contributed by atoms with Crippen molar-refractivity contribution in [2.45, 2.75) is 12.5 Å². The number of rotatable bonds is 6. The molecule has 3 rings (SSSR count). The highest BCUT2D eigenvalue weighted by Crippen LogP contribution is 2.46. The van der Waals surface area contributed by atoms with Gasteiger partial charge in [0.25, 0.3) is 0 Å². The zero-order valence-electron chi connectivity index (χ0n) is 15.1. The molecule has 26 heavy (non-hydrogen) atoms. The van der Waals surface area contributed by atoms with Gasteiger partial charge in [-0.25, -0.2) is 0 Å². The quantitative estimate of drug-likeness (QED) is 0.799. The number of carbonyl (C=O) groups excluding carboxylic acids is 1. The summed E-state index contributed by atoms with van der Waals surface area (Å²) in [5, 5.41) is 10.0. The fraction of sp³-hybridized carbons (Fsp3) is 0.316. The molecule has 1 aliphatic rings. The molecule has 1 heterocycles. The minimum absolute atomic E-state index is 0.0282. The van der Waals surface area contributed by atoms with Crippen LogP contribution in [0.4, 0.5) is 5.69 Å². The molecule has 2 aromatic carbocycles. The molecule has 7 heteroatoms. The number of hydrogen-bond donors (Lipinski definition) is 1. The first-order valence-corrected chi connectivity index (χ1v) is 8.03. The van der Waals surface area contributed by atoms with Crippen LogP contribution < -0.4 is 23.8 Å². The van der Waals surface area contributed by atoms with Crippen LogP contribution in [-0.4, -0.2) is 39.5 Å². The van der Waals surface area contributed by atoms with Crippen LogP contribution in [0.5, 0.6) is 28.7 Å². The van der Waals surface area contributed by atoms with Crippen LogP contribution in [0.15, 0.2) is 30.3 Å². The van der Waals surface area contributed by atoms with E-state index in [2.05, 4.69) is 0 Å². The Morgan fingerprint density at radius 2 is 1.54 bits per heavy atom. The molecule has 2 aromatic rings. The van der Waals surface area contributed by atoms with E-state index in [4.69, 9.17) is 18.9 Å². The molecular formula is C19H21NO6. The van der Waals surface area contributed by atoms with Gasteiger partial charge in [-0.2, -0.15) is 0 Å². The Hall–Kier alpha value is -3.09. The van der Waals surface area contributed by atoms with Gasteiger partial charge in [0.05, 0.1) is 46.6 Å². The second-order valence-corrected chi connectivity index (χ2v) is 5.80. The molecule has 0 radical (unpaired) electrons. The first-order valence-electron chi connectivity index (χ1n) is 8.03. The number of phenols is 1. The van der Waals surface area contributed by atoms with E-state index in [1.807, 2.05) is 6.07 Å². The van der Waals surface area contributed by atoms with Crippen LogP contribution in [0.25, 0.3) is 0 Å². The van der Waals surface area contributed by atoms with Gasteiger partial charge in [-0.15, -0.1) is 0 Å². The summed E-state index contributed by atoms with van der Waals surface area (Å²) in [6.45, 7) is 0. The van der Waals surface area contributed by atoms with Gasteiger partial charge in [-0.3, -0.25) is 4.79 Å². The number of methoxy groups -OCH3 is 4. The SMILES string of the molecule is COc1ccc([C@@H]2CC(=O)N2c2cc(OC)c(OC)c(OC)c2)cc1O. The molecule has 0 unspecified atom stereocenters. The van der Waals surface area contributed by atoms with E-state index in [0.29, 0.717) is 35.1 Å². The Morgan fingerprint density at radius 1 is 0.923 bits per heavy atom. The third-order valence-corrected chi connectivity index (χ3v) is 4.46. The van der Waals surface area contributed by atoms with E-state index in [1.165, 1.54) is 28.4 Å². The summed E-state index contributed by atoms with van der Waals surface area (Å²) in [6.07, 6.45) is 0.350. The van der Waals surface area contributed by atoms with Crippen LogP contribution >= 0.6 is 0 Å². The van der Waals surface area contributed by atoms with Gasteiger partial charge in [-0.1, -0.05) is 6.07 Å². The van der Waals surface area contributed by atoms with E-state index in [0.717, 1.165) is 5.56 Å². The van der Waals surface area contributed by atoms with Gasteiger partial charge in [-0.05, 0) is 17.7 Å². The Labute approximate surface area is 151 Å². The third-order valence-electron chi connectivity index (χ3n) is 4.46. The molecule has 0 bridgehead atoms. The van der Waals surface area contributed by atoms with Crippen LogP contribution in [0.1, 0.15) is 18.0 Å². The molecule has 1 atom stereocenters. The van der Waals surface area contributed by atoms with Crippen molar-refractivity contribution in [1.82, 2.24) is 0 Å². The van der Waals surface area contributed by atoms with Crippen molar-refractivity contribution in [3.05, 3.63) is 35.9 Å². The Morgan fingerprint density at radius 3 is 2.00 bits per heavy atom. The molecule has 0 aliphatic carbocycles. The topological polar surface area (TPSA) is 77.5 Å². The molecule has 138 valence electrons. The molecule has 0 spiro atoms. The molecule has 1 saturated heterocycles. The Balaban J connectivity index is 2.00. The molecule has 1 N–H and O–H groups in total. The minimum Gasteiger partial charge on any atom is -0.504 e. The van der Waals surface area contributed by atoms with E-state index in [-0.39, 0.29) is 17.7 Å². The van der Waals surface area contributed by atoms with E-state index >= 15 is 0 Å². The Kier molecular flexibility index (Phi) is 4.79. The first-order chi connectivity index (χ1) is 12.5. The van der Waals surface area contributed by atoms with Crippen molar-refractivity contribution in [1.29, 1.82) is 0 Å². The Bertz CT molecular complexity index is 810. The van der Waals surface area contributed by atoms with Gasteiger partial charge in [0.2, 0.25) is 11.7 Å². The average Bonchev–Trinajstić information content (AvgIpc) is 2.64. The van der Waals surface area contributed by atoms with Crippen LogP contribution in [-0.2, 0) is 4.79 Å². The molecule has 0 saturated carbocycles. The molecule has 1 aliphatic heterocycles. The summed E-state index contributed by atoms with van der Waals surface area (Å²) >= 11 is 0. The van der Waals surface area contributed by atoms with E-state index in [1.54, 1.807) is 29.2 Å². The number of amides is 1. The van der Waals surface area contributed by atoms with Gasteiger partial charge in [0, 0.05) is 12.1 Å². The first kappa shape index (κ1) is 17.7.